The molecule has 8 heteroatoms. The summed E-state index contributed by atoms with van der Waals surface area (Å²) < 4.78 is 66.6. The van der Waals surface area contributed by atoms with E-state index in [0.29, 0.717) is 6.42 Å². The second-order valence-corrected chi connectivity index (χ2v) is 7.76. The van der Waals surface area contributed by atoms with Crippen molar-refractivity contribution >= 4 is 20.9 Å². The number of nitrogens with one attached hydrogen (secondary N) is 2. The molecule has 1 unspecified atom stereocenters. The van der Waals surface area contributed by atoms with Crippen molar-refractivity contribution in [2.45, 2.75) is 30.5 Å². The van der Waals surface area contributed by atoms with Crippen molar-refractivity contribution in [3.63, 3.8) is 0 Å². The molecule has 2 aromatic carbocycles. The summed E-state index contributed by atoms with van der Waals surface area (Å²) in [4.78, 5) is 2.33. The van der Waals surface area contributed by atoms with Crippen LogP contribution in [0.15, 0.2) is 59.6 Å². The van der Waals surface area contributed by atoms with Gasteiger partial charge in [-0.25, -0.2) is 13.1 Å². The van der Waals surface area contributed by atoms with Gasteiger partial charge in [-0.15, -0.1) is 0 Å². The van der Waals surface area contributed by atoms with Crippen LogP contribution in [0.1, 0.15) is 18.1 Å². The molecule has 0 saturated heterocycles. The van der Waals surface area contributed by atoms with Gasteiger partial charge in [-0.3, -0.25) is 0 Å². The summed E-state index contributed by atoms with van der Waals surface area (Å²) in [5.41, 5.74) is 0.631. The van der Waals surface area contributed by atoms with E-state index in [1.807, 2.05) is 24.3 Å². The van der Waals surface area contributed by atoms with Crippen LogP contribution >= 0.6 is 0 Å². The quantitative estimate of drug-likeness (QED) is 0.698. The van der Waals surface area contributed by atoms with Gasteiger partial charge in [0.2, 0.25) is 10.0 Å². The fourth-order valence-corrected chi connectivity index (χ4v) is 4.41. The van der Waals surface area contributed by atoms with Crippen LogP contribution in [0, 0.1) is 0 Å². The molecule has 0 fully saturated rings. The molecule has 1 atom stereocenters. The third-order valence-electron chi connectivity index (χ3n) is 4.04. The van der Waals surface area contributed by atoms with Crippen LogP contribution in [-0.2, 0) is 22.6 Å². The van der Waals surface area contributed by atoms with Crippen molar-refractivity contribution in [3.8, 4) is 0 Å². The number of alkyl halides is 3. The average Bonchev–Trinajstić information content (AvgIpc) is 2.97. The average molecular weight is 382 g/mol. The molecule has 138 valence electrons. The van der Waals surface area contributed by atoms with Gasteiger partial charge >= 0.3 is 6.18 Å². The largest absolute Gasteiger partial charge is 0.417 e. The van der Waals surface area contributed by atoms with E-state index in [0.717, 1.165) is 34.7 Å². The van der Waals surface area contributed by atoms with Crippen LogP contribution in [0.4, 0.5) is 13.2 Å². The number of rotatable bonds is 5. The van der Waals surface area contributed by atoms with E-state index in [9.17, 15) is 21.6 Å². The summed E-state index contributed by atoms with van der Waals surface area (Å²) in [6.45, 7) is 1.62. The summed E-state index contributed by atoms with van der Waals surface area (Å²) in [5.74, 6) is 0. The molecule has 3 aromatic rings. The molecule has 0 bridgehead atoms. The number of H-pyrrole nitrogens is 1. The van der Waals surface area contributed by atoms with Crippen molar-refractivity contribution in [2.24, 2.45) is 0 Å². The van der Waals surface area contributed by atoms with Crippen molar-refractivity contribution in [2.75, 3.05) is 0 Å². The van der Waals surface area contributed by atoms with E-state index in [4.69, 9.17) is 0 Å². The Morgan fingerprint density at radius 1 is 1.08 bits per heavy atom. The summed E-state index contributed by atoms with van der Waals surface area (Å²) in [6.07, 6.45) is -2.62. The molecule has 0 aliphatic carbocycles. The van der Waals surface area contributed by atoms with Gasteiger partial charge in [0.25, 0.3) is 0 Å². The predicted octanol–water partition coefficient (Wildman–Crippen LogP) is 4.10. The van der Waals surface area contributed by atoms with Crippen molar-refractivity contribution < 1.29 is 21.6 Å². The van der Waals surface area contributed by atoms with Crippen molar-refractivity contribution in [3.05, 3.63) is 65.9 Å². The lowest BCUT2D eigenvalue weighted by atomic mass is 10.1. The Morgan fingerprint density at radius 3 is 2.46 bits per heavy atom. The van der Waals surface area contributed by atoms with Crippen LogP contribution in [0.3, 0.4) is 0 Å². The second kappa shape index (κ2) is 6.77. The zero-order valence-electron chi connectivity index (χ0n) is 13.8. The minimum absolute atomic E-state index is 0.345. The maximum Gasteiger partial charge on any atom is 0.417 e. The Hall–Kier alpha value is -2.32. The molecule has 0 radical (unpaired) electrons. The first-order valence-electron chi connectivity index (χ1n) is 7.92. The summed E-state index contributed by atoms with van der Waals surface area (Å²) >= 11 is 0. The molecule has 1 heterocycles. The minimum Gasteiger partial charge on any atom is -0.361 e. The number of aromatic nitrogens is 1. The van der Waals surface area contributed by atoms with E-state index in [1.54, 1.807) is 13.1 Å². The molecule has 2 N–H and O–H groups in total. The van der Waals surface area contributed by atoms with Gasteiger partial charge in [-0.2, -0.15) is 13.2 Å². The Balaban J connectivity index is 1.84. The van der Waals surface area contributed by atoms with Gasteiger partial charge < -0.3 is 4.98 Å². The van der Waals surface area contributed by atoms with Crippen molar-refractivity contribution in [1.82, 2.24) is 9.71 Å². The molecular formula is C18H17F3N2O2S. The fourth-order valence-electron chi connectivity index (χ4n) is 2.94. The zero-order valence-corrected chi connectivity index (χ0v) is 14.7. The topological polar surface area (TPSA) is 62.0 Å². The Morgan fingerprint density at radius 2 is 1.73 bits per heavy atom. The van der Waals surface area contributed by atoms with Gasteiger partial charge in [0, 0.05) is 23.1 Å². The Bertz CT molecular complexity index is 1030. The van der Waals surface area contributed by atoms with E-state index >= 15 is 0 Å². The number of hydrogen-bond donors (Lipinski definition) is 2. The first kappa shape index (κ1) is 18.5. The normalized spacial score (nSPS) is 13.8. The first-order chi connectivity index (χ1) is 12.2. The predicted molar refractivity (Wildman–Crippen MR) is 93.2 cm³/mol. The van der Waals surface area contributed by atoms with Crippen LogP contribution in [0.2, 0.25) is 0 Å². The van der Waals surface area contributed by atoms with Gasteiger partial charge in [0.1, 0.15) is 0 Å². The van der Waals surface area contributed by atoms with Gasteiger partial charge in [0.15, 0.2) is 0 Å². The van der Waals surface area contributed by atoms with Gasteiger partial charge in [-0.1, -0.05) is 30.3 Å². The second-order valence-electron chi connectivity index (χ2n) is 6.08. The molecule has 0 aliphatic heterocycles. The van der Waals surface area contributed by atoms with E-state index in [2.05, 4.69) is 9.71 Å². The zero-order chi connectivity index (χ0) is 18.9. The molecule has 4 nitrogen and oxygen atoms in total. The van der Waals surface area contributed by atoms with E-state index < -0.39 is 32.7 Å². The highest BCUT2D eigenvalue weighted by Crippen LogP contribution is 2.34. The summed E-state index contributed by atoms with van der Waals surface area (Å²) in [5, 5.41) is 0.953. The lowest BCUT2D eigenvalue weighted by Crippen LogP contribution is -2.35. The molecule has 0 aliphatic rings. The minimum atomic E-state index is -4.74. The standard InChI is InChI=1S/C18H17F3N2O2S/c1-12(10-13-11-22-16-8-4-2-6-14(13)16)23-26(24,25)17-9-5-3-7-15(17)18(19,20)21/h2-9,11-12,22-23H,10H2,1H3. The summed E-state index contributed by atoms with van der Waals surface area (Å²) in [6, 6.07) is 11.1. The lowest BCUT2D eigenvalue weighted by molar-refractivity contribution is -0.139. The van der Waals surface area contributed by atoms with E-state index in [1.165, 1.54) is 6.07 Å². The Labute approximate surface area is 149 Å². The maximum atomic E-state index is 13.1. The summed E-state index contributed by atoms with van der Waals surface area (Å²) in [7, 11) is -4.31. The van der Waals surface area contributed by atoms with Crippen LogP contribution in [0.5, 0.6) is 0 Å². The number of fused-ring (bicyclic) bond motifs is 1. The fraction of sp³-hybridized carbons (Fsp3) is 0.222. The molecule has 3 rings (SSSR count). The number of sulfonamides is 1. The lowest BCUT2D eigenvalue weighted by Gasteiger charge is -2.17. The van der Waals surface area contributed by atoms with Crippen LogP contribution in [-0.4, -0.2) is 19.4 Å². The van der Waals surface area contributed by atoms with Crippen molar-refractivity contribution in [1.29, 1.82) is 0 Å². The Kier molecular flexibility index (Phi) is 4.81. The highest BCUT2D eigenvalue weighted by atomic mass is 32.2. The number of aromatic amines is 1. The highest BCUT2D eigenvalue weighted by Gasteiger charge is 2.37. The van der Waals surface area contributed by atoms with Gasteiger partial charge in [-0.05, 0) is 37.1 Å². The smallest absolute Gasteiger partial charge is 0.361 e. The monoisotopic (exact) mass is 382 g/mol. The molecule has 0 saturated carbocycles. The molecular weight excluding hydrogens is 365 g/mol. The number of para-hydroxylation sites is 1. The van der Waals surface area contributed by atoms with Gasteiger partial charge in [0.05, 0.1) is 10.5 Å². The first-order valence-corrected chi connectivity index (χ1v) is 9.40. The highest BCUT2D eigenvalue weighted by molar-refractivity contribution is 7.89. The van der Waals surface area contributed by atoms with E-state index in [-0.39, 0.29) is 0 Å². The number of halogens is 3. The SMILES string of the molecule is CC(Cc1c[nH]c2ccccc12)NS(=O)(=O)c1ccccc1C(F)(F)F. The molecule has 1 aromatic heterocycles. The van der Waals surface area contributed by atoms with Crippen LogP contribution < -0.4 is 4.72 Å². The molecule has 0 spiro atoms. The number of benzene rings is 2. The third kappa shape index (κ3) is 3.76. The maximum absolute atomic E-state index is 13.1. The molecule has 26 heavy (non-hydrogen) atoms. The third-order valence-corrected chi connectivity index (χ3v) is 5.69. The molecule has 0 amide bonds. The number of hydrogen-bond acceptors (Lipinski definition) is 2. The van der Waals surface area contributed by atoms with Crippen LogP contribution in [0.25, 0.3) is 10.9 Å².